The summed E-state index contributed by atoms with van der Waals surface area (Å²) >= 11 is 5.69. The molecule has 0 fully saturated rings. The molecule has 0 saturated carbocycles. The number of ether oxygens (including phenoxy) is 1. The Balaban J connectivity index is 1.87. The molecule has 0 heterocycles. The van der Waals surface area contributed by atoms with Gasteiger partial charge in [0.1, 0.15) is 11.6 Å². The molecule has 0 unspecified atom stereocenters. The smallest absolute Gasteiger partial charge is 0.387 e. The highest BCUT2D eigenvalue weighted by molar-refractivity contribution is 6.30. The fourth-order valence-electron chi connectivity index (χ4n) is 1.82. The Morgan fingerprint density at radius 3 is 2.43 bits per heavy atom. The summed E-state index contributed by atoms with van der Waals surface area (Å²) in [4.78, 5) is 0. The second-order valence-electron chi connectivity index (χ2n) is 4.34. The first-order valence-electron chi connectivity index (χ1n) is 6.23. The number of halogens is 4. The lowest BCUT2D eigenvalue weighted by Gasteiger charge is -2.08. The molecule has 2 aromatic carbocycles. The Bertz CT molecular complexity index is 590. The van der Waals surface area contributed by atoms with Gasteiger partial charge in [-0.3, -0.25) is 0 Å². The monoisotopic (exact) mass is 315 g/mol. The van der Waals surface area contributed by atoms with Crippen LogP contribution in [0.4, 0.5) is 13.2 Å². The highest BCUT2D eigenvalue weighted by Gasteiger charge is 2.06. The zero-order valence-electron chi connectivity index (χ0n) is 11.0. The molecule has 0 bridgehead atoms. The molecule has 0 radical (unpaired) electrons. The topological polar surface area (TPSA) is 21.3 Å². The molecule has 6 heteroatoms. The number of hydrogen-bond donors (Lipinski definition) is 1. The number of benzene rings is 2. The first-order chi connectivity index (χ1) is 10.1. The summed E-state index contributed by atoms with van der Waals surface area (Å²) in [6.45, 7) is -2.04. The highest BCUT2D eigenvalue weighted by atomic mass is 35.5. The standard InChI is InChI=1S/C15H13ClF3NO/c16-13-3-1-2-11(14(13)17)9-20-8-10-4-6-12(7-5-10)21-15(18)19/h1-7,15,20H,8-9H2. The minimum absolute atomic E-state index is 0.0859. The van der Waals surface area contributed by atoms with E-state index in [0.717, 1.165) is 5.56 Å². The average molecular weight is 316 g/mol. The van der Waals surface area contributed by atoms with E-state index in [1.54, 1.807) is 24.3 Å². The van der Waals surface area contributed by atoms with Crippen LogP contribution in [-0.2, 0) is 13.1 Å². The van der Waals surface area contributed by atoms with Gasteiger partial charge < -0.3 is 10.1 Å². The van der Waals surface area contributed by atoms with Crippen LogP contribution in [0.5, 0.6) is 5.75 Å². The molecule has 112 valence electrons. The Morgan fingerprint density at radius 2 is 1.76 bits per heavy atom. The Kier molecular flexibility index (Phi) is 5.47. The maximum absolute atomic E-state index is 13.6. The lowest BCUT2D eigenvalue weighted by Crippen LogP contribution is -2.13. The molecule has 0 aliphatic heterocycles. The first kappa shape index (κ1) is 15.7. The minimum Gasteiger partial charge on any atom is -0.435 e. The maximum Gasteiger partial charge on any atom is 0.387 e. The molecule has 0 atom stereocenters. The minimum atomic E-state index is -2.83. The number of hydrogen-bond acceptors (Lipinski definition) is 2. The predicted octanol–water partition coefficient (Wildman–Crippen LogP) is 4.37. The summed E-state index contributed by atoms with van der Waals surface area (Å²) in [5.74, 6) is -0.331. The maximum atomic E-state index is 13.6. The van der Waals surface area contributed by atoms with Crippen molar-refractivity contribution < 1.29 is 17.9 Å². The predicted molar refractivity (Wildman–Crippen MR) is 75.0 cm³/mol. The van der Waals surface area contributed by atoms with Gasteiger partial charge in [-0.15, -0.1) is 0 Å². The van der Waals surface area contributed by atoms with Gasteiger partial charge in [0.25, 0.3) is 0 Å². The Hall–Kier alpha value is -1.72. The van der Waals surface area contributed by atoms with E-state index in [0.29, 0.717) is 18.7 Å². The first-order valence-corrected chi connectivity index (χ1v) is 6.61. The molecule has 2 rings (SSSR count). The van der Waals surface area contributed by atoms with Crippen molar-refractivity contribution in [2.75, 3.05) is 0 Å². The van der Waals surface area contributed by atoms with E-state index in [9.17, 15) is 13.2 Å². The average Bonchev–Trinajstić information content (AvgIpc) is 2.45. The third kappa shape index (κ3) is 4.65. The zero-order chi connectivity index (χ0) is 15.2. The molecule has 0 aromatic heterocycles. The van der Waals surface area contributed by atoms with Crippen LogP contribution in [0, 0.1) is 5.82 Å². The van der Waals surface area contributed by atoms with Crippen LogP contribution in [-0.4, -0.2) is 6.61 Å². The SMILES string of the molecule is Fc1c(Cl)cccc1CNCc1ccc(OC(F)F)cc1. The lowest BCUT2D eigenvalue weighted by atomic mass is 10.2. The molecule has 0 spiro atoms. The molecule has 2 nitrogen and oxygen atoms in total. The molecule has 1 N–H and O–H groups in total. The van der Waals surface area contributed by atoms with Crippen molar-refractivity contribution >= 4 is 11.6 Å². The van der Waals surface area contributed by atoms with E-state index in [4.69, 9.17) is 11.6 Å². The molecule has 21 heavy (non-hydrogen) atoms. The molecule has 0 aliphatic rings. The molecule has 2 aromatic rings. The largest absolute Gasteiger partial charge is 0.435 e. The normalized spacial score (nSPS) is 10.9. The highest BCUT2D eigenvalue weighted by Crippen LogP contribution is 2.18. The number of alkyl halides is 2. The summed E-state index contributed by atoms with van der Waals surface area (Å²) in [6.07, 6.45) is 0. The Morgan fingerprint density at radius 1 is 1.05 bits per heavy atom. The summed E-state index contributed by atoms with van der Waals surface area (Å²) < 4.78 is 41.9. The van der Waals surface area contributed by atoms with Crippen LogP contribution in [0.2, 0.25) is 5.02 Å². The van der Waals surface area contributed by atoms with Crippen molar-refractivity contribution in [2.24, 2.45) is 0 Å². The van der Waals surface area contributed by atoms with Crippen molar-refractivity contribution in [3.63, 3.8) is 0 Å². The lowest BCUT2D eigenvalue weighted by molar-refractivity contribution is -0.0498. The molecular weight excluding hydrogens is 303 g/mol. The van der Waals surface area contributed by atoms with Crippen molar-refractivity contribution in [3.05, 3.63) is 64.4 Å². The quantitative estimate of drug-likeness (QED) is 0.854. The van der Waals surface area contributed by atoms with Gasteiger partial charge in [-0.2, -0.15) is 8.78 Å². The van der Waals surface area contributed by atoms with E-state index in [2.05, 4.69) is 10.1 Å². The van der Waals surface area contributed by atoms with Crippen LogP contribution in [0.15, 0.2) is 42.5 Å². The van der Waals surface area contributed by atoms with Crippen molar-refractivity contribution in [1.29, 1.82) is 0 Å². The summed E-state index contributed by atoms with van der Waals surface area (Å²) in [5, 5.41) is 3.14. The van der Waals surface area contributed by atoms with Crippen LogP contribution >= 0.6 is 11.6 Å². The van der Waals surface area contributed by atoms with E-state index >= 15 is 0 Å². The third-order valence-electron chi connectivity index (χ3n) is 2.82. The summed E-state index contributed by atoms with van der Waals surface area (Å²) in [6, 6.07) is 11.1. The van der Waals surface area contributed by atoms with Crippen molar-refractivity contribution in [3.8, 4) is 5.75 Å². The van der Waals surface area contributed by atoms with Gasteiger partial charge in [-0.25, -0.2) is 4.39 Å². The molecule has 0 aliphatic carbocycles. The van der Waals surface area contributed by atoms with Gasteiger partial charge in [0.2, 0.25) is 0 Å². The molecule has 0 amide bonds. The van der Waals surface area contributed by atoms with E-state index in [-0.39, 0.29) is 10.8 Å². The van der Waals surface area contributed by atoms with Crippen LogP contribution in [0.25, 0.3) is 0 Å². The van der Waals surface area contributed by atoms with Gasteiger partial charge in [0, 0.05) is 18.7 Å². The second-order valence-corrected chi connectivity index (χ2v) is 4.75. The van der Waals surface area contributed by atoms with Gasteiger partial charge in [-0.1, -0.05) is 35.9 Å². The second kappa shape index (κ2) is 7.33. The van der Waals surface area contributed by atoms with Gasteiger partial charge in [0.05, 0.1) is 5.02 Å². The number of nitrogens with one attached hydrogen (secondary N) is 1. The fraction of sp³-hybridized carbons (Fsp3) is 0.200. The molecule has 0 saturated heterocycles. The van der Waals surface area contributed by atoms with Crippen molar-refractivity contribution in [1.82, 2.24) is 5.32 Å². The van der Waals surface area contributed by atoms with E-state index in [1.165, 1.54) is 18.2 Å². The third-order valence-corrected chi connectivity index (χ3v) is 3.12. The van der Waals surface area contributed by atoms with E-state index < -0.39 is 12.4 Å². The van der Waals surface area contributed by atoms with Crippen LogP contribution in [0.1, 0.15) is 11.1 Å². The summed E-state index contributed by atoms with van der Waals surface area (Å²) in [7, 11) is 0. The van der Waals surface area contributed by atoms with E-state index in [1.807, 2.05) is 0 Å². The van der Waals surface area contributed by atoms with Crippen LogP contribution < -0.4 is 10.1 Å². The number of rotatable bonds is 6. The van der Waals surface area contributed by atoms with Gasteiger partial charge in [-0.05, 0) is 23.8 Å². The fourth-order valence-corrected chi connectivity index (χ4v) is 2.01. The van der Waals surface area contributed by atoms with Crippen molar-refractivity contribution in [2.45, 2.75) is 19.7 Å². The summed E-state index contributed by atoms with van der Waals surface area (Å²) in [5.41, 5.74) is 1.35. The van der Waals surface area contributed by atoms with Gasteiger partial charge >= 0.3 is 6.61 Å². The Labute approximate surface area is 125 Å². The van der Waals surface area contributed by atoms with Gasteiger partial charge in [0.15, 0.2) is 0 Å². The molecular formula is C15H13ClF3NO. The zero-order valence-corrected chi connectivity index (χ0v) is 11.7. The van der Waals surface area contributed by atoms with Crippen LogP contribution in [0.3, 0.4) is 0 Å².